The molecule has 1 spiro atoms. The Bertz CT molecular complexity index is 549. The van der Waals surface area contributed by atoms with Crippen molar-refractivity contribution in [3.8, 4) is 0 Å². The molecule has 2 fully saturated rings. The van der Waals surface area contributed by atoms with Crippen molar-refractivity contribution in [2.75, 3.05) is 20.2 Å². The van der Waals surface area contributed by atoms with Crippen LogP contribution < -0.4 is 0 Å². The second kappa shape index (κ2) is 5.99. The molecular weight excluding hydrogens is 282 g/mol. The van der Waals surface area contributed by atoms with Crippen LogP contribution in [0.25, 0.3) is 0 Å². The Balaban J connectivity index is 1.46. The highest BCUT2D eigenvalue weighted by Crippen LogP contribution is 2.59. The molecule has 1 saturated carbocycles. The van der Waals surface area contributed by atoms with Crippen molar-refractivity contribution in [3.63, 3.8) is 0 Å². The number of esters is 1. The van der Waals surface area contributed by atoms with Crippen LogP contribution in [0.5, 0.6) is 0 Å². The third-order valence-electron chi connectivity index (χ3n) is 4.90. The molecule has 0 radical (unpaired) electrons. The summed E-state index contributed by atoms with van der Waals surface area (Å²) in [6.45, 7) is 1.61. The molecule has 5 nitrogen and oxygen atoms in total. The van der Waals surface area contributed by atoms with Crippen LogP contribution in [0.15, 0.2) is 30.3 Å². The summed E-state index contributed by atoms with van der Waals surface area (Å²) in [5.41, 5.74) is 1.06. The molecule has 1 amide bonds. The molecular formula is C17H21NO4. The SMILES string of the molecule is COC(=O)[C@@H]1CC12CCN(C(=O)OCc1ccccc1)CC2. The molecule has 1 aliphatic carbocycles. The molecule has 1 aromatic carbocycles. The molecule has 22 heavy (non-hydrogen) atoms. The largest absolute Gasteiger partial charge is 0.469 e. The predicted octanol–water partition coefficient (Wildman–Crippen LogP) is 2.60. The predicted molar refractivity (Wildman–Crippen MR) is 80.0 cm³/mol. The molecule has 1 saturated heterocycles. The van der Waals surface area contributed by atoms with Gasteiger partial charge in [0.25, 0.3) is 0 Å². The normalized spacial score (nSPS) is 22.2. The second-order valence-corrected chi connectivity index (χ2v) is 6.17. The van der Waals surface area contributed by atoms with Crippen LogP contribution in [-0.4, -0.2) is 37.2 Å². The molecule has 0 unspecified atom stereocenters. The number of benzene rings is 1. The zero-order chi connectivity index (χ0) is 15.6. The van der Waals surface area contributed by atoms with Crippen LogP contribution in [0.3, 0.4) is 0 Å². The monoisotopic (exact) mass is 303 g/mol. The van der Waals surface area contributed by atoms with E-state index in [0.29, 0.717) is 19.7 Å². The Morgan fingerprint density at radius 1 is 1.23 bits per heavy atom. The Kier molecular flexibility index (Phi) is 4.05. The summed E-state index contributed by atoms with van der Waals surface area (Å²) in [7, 11) is 1.43. The Morgan fingerprint density at radius 2 is 1.91 bits per heavy atom. The van der Waals surface area contributed by atoms with Crippen LogP contribution in [0.1, 0.15) is 24.8 Å². The maximum atomic E-state index is 12.1. The average molecular weight is 303 g/mol. The van der Waals surface area contributed by atoms with E-state index in [1.807, 2.05) is 30.3 Å². The van der Waals surface area contributed by atoms with Crippen molar-refractivity contribution in [1.82, 2.24) is 4.90 Å². The molecule has 118 valence electrons. The first kappa shape index (κ1) is 14.9. The van der Waals surface area contributed by atoms with E-state index < -0.39 is 0 Å². The van der Waals surface area contributed by atoms with Gasteiger partial charge < -0.3 is 14.4 Å². The Labute approximate surface area is 130 Å². The van der Waals surface area contributed by atoms with E-state index in [-0.39, 0.29) is 23.4 Å². The standard InChI is InChI=1S/C17H21NO4/c1-21-15(19)14-11-17(14)7-9-18(10-8-17)16(20)22-12-13-5-3-2-4-6-13/h2-6,14H,7-12H2,1H3/t14-/m0/s1. The number of likely N-dealkylation sites (tertiary alicyclic amines) is 1. The zero-order valence-electron chi connectivity index (χ0n) is 12.8. The van der Waals surface area contributed by atoms with Gasteiger partial charge in [-0.2, -0.15) is 0 Å². The summed E-state index contributed by atoms with van der Waals surface area (Å²) < 4.78 is 10.2. The molecule has 5 heteroatoms. The number of hydrogen-bond donors (Lipinski definition) is 0. The first-order chi connectivity index (χ1) is 10.6. The van der Waals surface area contributed by atoms with Crippen LogP contribution in [0.2, 0.25) is 0 Å². The quantitative estimate of drug-likeness (QED) is 0.805. The van der Waals surface area contributed by atoms with Crippen LogP contribution in [0, 0.1) is 11.3 Å². The number of carbonyl (C=O) groups is 2. The number of carbonyl (C=O) groups excluding carboxylic acids is 2. The first-order valence-corrected chi connectivity index (χ1v) is 7.68. The minimum Gasteiger partial charge on any atom is -0.469 e. The lowest BCUT2D eigenvalue weighted by atomic mass is 9.91. The van der Waals surface area contributed by atoms with Gasteiger partial charge in [-0.3, -0.25) is 4.79 Å². The lowest BCUT2D eigenvalue weighted by Crippen LogP contribution is -2.40. The molecule has 2 aliphatic rings. The minimum absolute atomic E-state index is 0.0278. The number of piperidine rings is 1. The van der Waals surface area contributed by atoms with Gasteiger partial charge in [-0.25, -0.2) is 4.79 Å². The van der Waals surface area contributed by atoms with E-state index in [9.17, 15) is 9.59 Å². The highest BCUT2D eigenvalue weighted by Gasteiger charge is 2.59. The lowest BCUT2D eigenvalue weighted by Gasteiger charge is -2.32. The number of amides is 1. The summed E-state index contributed by atoms with van der Waals surface area (Å²) in [5, 5.41) is 0. The fraction of sp³-hybridized carbons (Fsp3) is 0.529. The van der Waals surface area contributed by atoms with Gasteiger partial charge in [-0.15, -0.1) is 0 Å². The third kappa shape index (κ3) is 2.93. The van der Waals surface area contributed by atoms with Crippen molar-refractivity contribution < 1.29 is 19.1 Å². The van der Waals surface area contributed by atoms with Crippen molar-refractivity contribution in [1.29, 1.82) is 0 Å². The van der Waals surface area contributed by atoms with Crippen molar-refractivity contribution >= 4 is 12.1 Å². The number of nitrogens with zero attached hydrogens (tertiary/aromatic N) is 1. The van der Waals surface area contributed by atoms with E-state index >= 15 is 0 Å². The number of hydrogen-bond acceptors (Lipinski definition) is 4. The Morgan fingerprint density at radius 3 is 2.55 bits per heavy atom. The molecule has 1 aromatic rings. The number of rotatable bonds is 3. The molecule has 0 bridgehead atoms. The van der Waals surface area contributed by atoms with E-state index in [4.69, 9.17) is 9.47 Å². The van der Waals surface area contributed by atoms with Gasteiger partial charge in [-0.1, -0.05) is 30.3 Å². The molecule has 1 aliphatic heterocycles. The fourth-order valence-electron chi connectivity index (χ4n) is 3.32. The highest BCUT2D eigenvalue weighted by atomic mass is 16.6. The molecule has 3 rings (SSSR count). The number of ether oxygens (including phenoxy) is 2. The summed E-state index contributed by atoms with van der Waals surface area (Å²) in [6.07, 6.45) is 2.33. The van der Waals surface area contributed by atoms with Gasteiger partial charge in [0.05, 0.1) is 13.0 Å². The van der Waals surface area contributed by atoms with E-state index in [1.165, 1.54) is 7.11 Å². The first-order valence-electron chi connectivity index (χ1n) is 7.68. The maximum absolute atomic E-state index is 12.1. The summed E-state index contributed by atoms with van der Waals surface area (Å²) in [5.74, 6) is -0.0832. The highest BCUT2D eigenvalue weighted by molar-refractivity contribution is 5.77. The topological polar surface area (TPSA) is 55.8 Å². The van der Waals surface area contributed by atoms with Gasteiger partial charge in [0.15, 0.2) is 0 Å². The molecule has 0 aromatic heterocycles. The maximum Gasteiger partial charge on any atom is 0.410 e. The van der Waals surface area contributed by atoms with Gasteiger partial charge in [0.2, 0.25) is 0 Å². The molecule has 1 heterocycles. The van der Waals surface area contributed by atoms with Crippen LogP contribution >= 0.6 is 0 Å². The van der Waals surface area contributed by atoms with Gasteiger partial charge >= 0.3 is 12.1 Å². The molecule has 1 atom stereocenters. The van der Waals surface area contributed by atoms with Gasteiger partial charge in [0, 0.05) is 13.1 Å². The van der Waals surface area contributed by atoms with Crippen molar-refractivity contribution in [2.45, 2.75) is 25.9 Å². The lowest BCUT2D eigenvalue weighted by molar-refractivity contribution is -0.143. The van der Waals surface area contributed by atoms with Crippen LogP contribution in [-0.2, 0) is 20.9 Å². The van der Waals surface area contributed by atoms with E-state index in [2.05, 4.69) is 0 Å². The average Bonchev–Trinajstić information content (AvgIpc) is 3.27. The van der Waals surface area contributed by atoms with Crippen molar-refractivity contribution in [3.05, 3.63) is 35.9 Å². The Hall–Kier alpha value is -2.04. The van der Waals surface area contributed by atoms with E-state index in [1.54, 1.807) is 4.90 Å². The second-order valence-electron chi connectivity index (χ2n) is 6.17. The molecule has 0 N–H and O–H groups in total. The smallest absolute Gasteiger partial charge is 0.410 e. The summed E-state index contributed by atoms with van der Waals surface area (Å²) >= 11 is 0. The van der Waals surface area contributed by atoms with Crippen molar-refractivity contribution in [2.24, 2.45) is 11.3 Å². The van der Waals surface area contributed by atoms with E-state index in [0.717, 1.165) is 24.8 Å². The third-order valence-corrected chi connectivity index (χ3v) is 4.90. The fourth-order valence-corrected chi connectivity index (χ4v) is 3.32. The van der Waals surface area contributed by atoms with Gasteiger partial charge in [-0.05, 0) is 30.2 Å². The summed E-state index contributed by atoms with van der Waals surface area (Å²) in [6, 6.07) is 9.65. The van der Waals surface area contributed by atoms with Gasteiger partial charge in [0.1, 0.15) is 6.61 Å². The number of methoxy groups -OCH3 is 1. The summed E-state index contributed by atoms with van der Waals surface area (Å²) in [4.78, 5) is 25.4. The van der Waals surface area contributed by atoms with Crippen LogP contribution in [0.4, 0.5) is 4.79 Å². The zero-order valence-corrected chi connectivity index (χ0v) is 12.8. The minimum atomic E-state index is -0.269.